The van der Waals surface area contributed by atoms with E-state index in [9.17, 15) is 18.0 Å². The Labute approximate surface area is 188 Å². The minimum atomic E-state index is -3.38. The molecular formula is C25H26N2O4S. The van der Waals surface area contributed by atoms with E-state index in [1.165, 1.54) is 0 Å². The normalized spacial score (nSPS) is 11.3. The van der Waals surface area contributed by atoms with Crippen LogP contribution in [0.1, 0.15) is 51.3 Å². The second-order valence-corrected chi connectivity index (χ2v) is 9.56. The van der Waals surface area contributed by atoms with E-state index in [1.54, 1.807) is 74.5 Å². The van der Waals surface area contributed by atoms with Crippen molar-refractivity contribution in [2.45, 2.75) is 32.2 Å². The van der Waals surface area contributed by atoms with Gasteiger partial charge in [-0.05, 0) is 37.1 Å². The zero-order chi connectivity index (χ0) is 23.1. The lowest BCUT2D eigenvalue weighted by atomic mass is 10.0. The molecule has 0 bridgehead atoms. The molecule has 0 unspecified atom stereocenters. The van der Waals surface area contributed by atoms with Crippen molar-refractivity contribution in [3.05, 3.63) is 107 Å². The van der Waals surface area contributed by atoms with Crippen molar-refractivity contribution in [3.63, 3.8) is 0 Å². The average molecular weight is 451 g/mol. The van der Waals surface area contributed by atoms with Gasteiger partial charge in [0, 0.05) is 29.3 Å². The van der Waals surface area contributed by atoms with Crippen LogP contribution < -0.4 is 10.0 Å². The van der Waals surface area contributed by atoms with Crippen LogP contribution in [0.2, 0.25) is 0 Å². The van der Waals surface area contributed by atoms with Gasteiger partial charge >= 0.3 is 0 Å². The lowest BCUT2D eigenvalue weighted by Crippen LogP contribution is -2.31. The van der Waals surface area contributed by atoms with Gasteiger partial charge in [0.15, 0.2) is 5.78 Å². The summed E-state index contributed by atoms with van der Waals surface area (Å²) in [6.45, 7) is 3.86. The number of carbonyl (C=O) groups is 2. The minimum absolute atomic E-state index is 0.0914. The molecule has 0 aliphatic carbocycles. The topological polar surface area (TPSA) is 92.3 Å². The quantitative estimate of drug-likeness (QED) is 0.487. The Morgan fingerprint density at radius 3 is 1.88 bits per heavy atom. The van der Waals surface area contributed by atoms with Gasteiger partial charge in [0.2, 0.25) is 10.0 Å². The van der Waals surface area contributed by atoms with Crippen molar-refractivity contribution in [3.8, 4) is 0 Å². The summed E-state index contributed by atoms with van der Waals surface area (Å²) in [7, 11) is -3.38. The lowest BCUT2D eigenvalue weighted by Gasteiger charge is -2.10. The number of ketones is 1. The van der Waals surface area contributed by atoms with Gasteiger partial charge < -0.3 is 5.32 Å². The lowest BCUT2D eigenvalue weighted by molar-refractivity contribution is 0.0949. The van der Waals surface area contributed by atoms with Gasteiger partial charge in [-0.1, -0.05) is 66.7 Å². The summed E-state index contributed by atoms with van der Waals surface area (Å²) in [6, 6.07) is 22.4. The van der Waals surface area contributed by atoms with Crippen LogP contribution in [0.5, 0.6) is 0 Å². The van der Waals surface area contributed by atoms with Crippen molar-refractivity contribution in [1.29, 1.82) is 0 Å². The first-order valence-electron chi connectivity index (χ1n) is 10.3. The molecule has 0 radical (unpaired) electrons. The van der Waals surface area contributed by atoms with Gasteiger partial charge in [0.1, 0.15) is 0 Å². The Balaban J connectivity index is 1.56. The standard InChI is InChI=1S/C25H26N2O4S/c1-18(2)27-32(30,31)17-20-10-8-19(9-11-20)16-26-25(29)23-14-12-22(13-15-23)24(28)21-6-4-3-5-7-21/h3-15,18,27H,16-17H2,1-2H3,(H,26,29). The van der Waals surface area contributed by atoms with Crippen LogP contribution in [0.15, 0.2) is 78.9 Å². The highest BCUT2D eigenvalue weighted by molar-refractivity contribution is 7.88. The molecule has 0 aliphatic heterocycles. The number of rotatable bonds is 9. The summed E-state index contributed by atoms with van der Waals surface area (Å²) in [6.07, 6.45) is 0. The monoisotopic (exact) mass is 450 g/mol. The summed E-state index contributed by atoms with van der Waals surface area (Å²) in [5.41, 5.74) is 3.10. The first-order chi connectivity index (χ1) is 15.2. The molecule has 3 aromatic rings. The van der Waals surface area contributed by atoms with Crippen LogP contribution in [-0.2, 0) is 22.3 Å². The summed E-state index contributed by atoms with van der Waals surface area (Å²) >= 11 is 0. The molecule has 3 aromatic carbocycles. The Bertz CT molecular complexity index is 1170. The molecule has 2 N–H and O–H groups in total. The molecule has 7 heteroatoms. The van der Waals surface area contributed by atoms with Gasteiger partial charge in [0.05, 0.1) is 5.75 Å². The zero-order valence-electron chi connectivity index (χ0n) is 18.0. The molecule has 0 fully saturated rings. The second kappa shape index (κ2) is 10.3. The molecule has 1 amide bonds. The fourth-order valence-electron chi connectivity index (χ4n) is 3.19. The summed E-state index contributed by atoms with van der Waals surface area (Å²) in [5.74, 6) is -0.439. The maximum atomic E-state index is 12.5. The minimum Gasteiger partial charge on any atom is -0.348 e. The van der Waals surface area contributed by atoms with Crippen molar-refractivity contribution in [1.82, 2.24) is 10.0 Å². The van der Waals surface area contributed by atoms with Crippen molar-refractivity contribution >= 4 is 21.7 Å². The summed E-state index contributed by atoms with van der Waals surface area (Å²) in [5, 5.41) is 2.83. The fraction of sp³-hybridized carbons (Fsp3) is 0.200. The van der Waals surface area contributed by atoms with Crippen LogP contribution in [0.3, 0.4) is 0 Å². The fourth-order valence-corrected chi connectivity index (χ4v) is 4.62. The van der Waals surface area contributed by atoms with E-state index in [0.29, 0.717) is 28.8 Å². The number of nitrogens with one attached hydrogen (secondary N) is 2. The Hall–Kier alpha value is -3.29. The number of carbonyl (C=O) groups excluding carboxylic acids is 2. The first-order valence-corrected chi connectivity index (χ1v) is 11.9. The van der Waals surface area contributed by atoms with Gasteiger partial charge in [-0.25, -0.2) is 13.1 Å². The number of hydrogen-bond donors (Lipinski definition) is 2. The predicted octanol–water partition coefficient (Wildman–Crippen LogP) is 3.68. The summed E-state index contributed by atoms with van der Waals surface area (Å²) in [4.78, 5) is 24.9. The molecule has 0 saturated carbocycles. The molecule has 3 rings (SSSR count). The molecule has 6 nitrogen and oxygen atoms in total. The number of hydrogen-bond acceptors (Lipinski definition) is 4. The second-order valence-electron chi connectivity index (χ2n) is 7.80. The molecule has 0 atom stereocenters. The third-order valence-electron chi connectivity index (χ3n) is 4.69. The molecule has 0 saturated heterocycles. The highest BCUT2D eigenvalue weighted by Gasteiger charge is 2.13. The smallest absolute Gasteiger partial charge is 0.251 e. The Morgan fingerprint density at radius 1 is 0.750 bits per heavy atom. The SMILES string of the molecule is CC(C)NS(=O)(=O)Cc1ccc(CNC(=O)c2ccc(C(=O)c3ccccc3)cc2)cc1. The highest BCUT2D eigenvalue weighted by Crippen LogP contribution is 2.12. The molecule has 166 valence electrons. The summed E-state index contributed by atoms with van der Waals surface area (Å²) < 4.78 is 26.6. The zero-order valence-corrected chi connectivity index (χ0v) is 18.9. The van der Waals surface area contributed by atoms with E-state index < -0.39 is 10.0 Å². The van der Waals surface area contributed by atoms with E-state index in [0.717, 1.165) is 5.56 Å². The molecular weight excluding hydrogens is 424 g/mol. The van der Waals surface area contributed by atoms with E-state index in [1.807, 2.05) is 18.2 Å². The maximum Gasteiger partial charge on any atom is 0.251 e. The molecule has 32 heavy (non-hydrogen) atoms. The Kier molecular flexibility index (Phi) is 7.56. The number of amides is 1. The van der Waals surface area contributed by atoms with Crippen molar-refractivity contribution < 1.29 is 18.0 Å². The van der Waals surface area contributed by atoms with Gasteiger partial charge in [-0.2, -0.15) is 0 Å². The molecule has 0 heterocycles. The number of sulfonamides is 1. The van der Waals surface area contributed by atoms with E-state index in [2.05, 4.69) is 10.0 Å². The molecule has 0 aromatic heterocycles. The van der Waals surface area contributed by atoms with Crippen molar-refractivity contribution in [2.75, 3.05) is 0 Å². The maximum absolute atomic E-state index is 12.5. The van der Waals surface area contributed by atoms with Gasteiger partial charge in [-0.15, -0.1) is 0 Å². The van der Waals surface area contributed by atoms with E-state index >= 15 is 0 Å². The van der Waals surface area contributed by atoms with Gasteiger partial charge in [-0.3, -0.25) is 9.59 Å². The predicted molar refractivity (Wildman–Crippen MR) is 125 cm³/mol. The van der Waals surface area contributed by atoms with Crippen LogP contribution in [0, 0.1) is 0 Å². The third kappa shape index (κ3) is 6.60. The van der Waals surface area contributed by atoms with E-state index in [4.69, 9.17) is 0 Å². The van der Waals surface area contributed by atoms with Gasteiger partial charge in [0.25, 0.3) is 5.91 Å². The largest absolute Gasteiger partial charge is 0.348 e. The Morgan fingerprint density at radius 2 is 1.28 bits per heavy atom. The van der Waals surface area contributed by atoms with Crippen LogP contribution in [-0.4, -0.2) is 26.2 Å². The molecule has 0 spiro atoms. The van der Waals surface area contributed by atoms with Crippen LogP contribution in [0.25, 0.3) is 0 Å². The molecule has 0 aliphatic rings. The third-order valence-corrected chi connectivity index (χ3v) is 6.24. The highest BCUT2D eigenvalue weighted by atomic mass is 32.2. The van der Waals surface area contributed by atoms with E-state index in [-0.39, 0.29) is 23.5 Å². The van der Waals surface area contributed by atoms with Crippen LogP contribution in [0.4, 0.5) is 0 Å². The van der Waals surface area contributed by atoms with Crippen LogP contribution >= 0.6 is 0 Å². The van der Waals surface area contributed by atoms with Crippen molar-refractivity contribution in [2.24, 2.45) is 0 Å². The average Bonchev–Trinajstić information content (AvgIpc) is 2.77. The number of benzene rings is 3. The first kappa shape index (κ1) is 23.4.